The molecule has 2 saturated heterocycles. The van der Waals surface area contributed by atoms with Crippen molar-refractivity contribution in [3.63, 3.8) is 0 Å². The third-order valence-electron chi connectivity index (χ3n) is 10.1. The van der Waals surface area contributed by atoms with Gasteiger partial charge in [0.15, 0.2) is 0 Å². The number of ether oxygens (including phenoxy) is 1. The highest BCUT2D eigenvalue weighted by Crippen LogP contribution is 2.44. The second-order valence-electron chi connectivity index (χ2n) is 14.7. The number of halogens is 3. The van der Waals surface area contributed by atoms with E-state index in [4.69, 9.17) is 4.74 Å². The number of aromatic carboxylic acids is 1. The minimum Gasteiger partial charge on any atom is -0.478 e. The summed E-state index contributed by atoms with van der Waals surface area (Å²) >= 11 is 0. The van der Waals surface area contributed by atoms with Crippen molar-refractivity contribution in [3.8, 4) is 0 Å². The smallest absolute Gasteiger partial charge is 0.336 e. The maximum atomic E-state index is 13.2. The summed E-state index contributed by atoms with van der Waals surface area (Å²) in [5.41, 5.74) is 3.68. The third kappa shape index (κ3) is 12.1. The predicted octanol–water partition coefficient (Wildman–Crippen LogP) is 8.86. The molecule has 4 aliphatic rings. The zero-order valence-corrected chi connectivity index (χ0v) is 33.0. The molecular formula is C41H59F3N5O5+. The fourth-order valence-corrected chi connectivity index (χ4v) is 6.69. The summed E-state index contributed by atoms with van der Waals surface area (Å²) in [6.45, 7) is 15.5. The molecule has 2 aromatic carbocycles. The monoisotopic (exact) mass is 758 g/mol. The molecule has 1 N–H and O–H groups in total. The molecule has 0 atom stereocenters. The zero-order chi connectivity index (χ0) is 40.1. The molecule has 3 aromatic rings. The first-order valence-electron chi connectivity index (χ1n) is 19.1. The first-order chi connectivity index (χ1) is 25.7. The Morgan fingerprint density at radius 2 is 1.57 bits per heavy atom. The lowest BCUT2D eigenvalue weighted by atomic mass is 9.79. The number of nitrogens with zero attached hydrogens (tertiary/aromatic N) is 5. The Kier molecular flexibility index (Phi) is 16.3. The normalized spacial score (nSPS) is 18.7. The largest absolute Gasteiger partial charge is 0.478 e. The quantitative estimate of drug-likeness (QED) is 0.172. The van der Waals surface area contributed by atoms with E-state index in [1.165, 1.54) is 32.1 Å². The molecule has 4 fully saturated rings. The number of nitroso groups, excluding NO2 is 1. The highest BCUT2D eigenvalue weighted by Gasteiger charge is 2.62. The summed E-state index contributed by atoms with van der Waals surface area (Å²) in [6.07, 6.45) is 8.41. The van der Waals surface area contributed by atoms with Crippen molar-refractivity contribution in [3.05, 3.63) is 93.4 Å². The predicted molar refractivity (Wildman–Crippen MR) is 203 cm³/mol. The fraction of sp³-hybridized carbons (Fsp3) is 0.585. The van der Waals surface area contributed by atoms with Gasteiger partial charge in [-0.2, -0.15) is 5.10 Å². The van der Waals surface area contributed by atoms with Gasteiger partial charge in [0.05, 0.1) is 49.5 Å². The maximum Gasteiger partial charge on any atom is 0.336 e. The molecule has 10 nitrogen and oxygen atoms in total. The van der Waals surface area contributed by atoms with E-state index >= 15 is 0 Å². The number of carboxylic acids is 1. The summed E-state index contributed by atoms with van der Waals surface area (Å²) in [5.74, 6) is -4.00. The number of carboxylic acid groups (broad SMARTS) is 1. The highest BCUT2D eigenvalue weighted by molar-refractivity contribution is 5.91. The molecule has 298 valence electrons. The number of alkyl halides is 2. The fourth-order valence-electron chi connectivity index (χ4n) is 6.69. The number of rotatable bonds is 9. The summed E-state index contributed by atoms with van der Waals surface area (Å²) in [5, 5.41) is 15.5. The van der Waals surface area contributed by atoms with Crippen molar-refractivity contribution in [1.82, 2.24) is 19.7 Å². The number of carbonyl (C=O) groups is 2. The van der Waals surface area contributed by atoms with E-state index in [0.29, 0.717) is 56.7 Å². The van der Waals surface area contributed by atoms with Gasteiger partial charge < -0.3 is 14.7 Å². The van der Waals surface area contributed by atoms with Gasteiger partial charge in [0.25, 0.3) is 5.54 Å². The third-order valence-corrected chi connectivity index (χ3v) is 10.1. The van der Waals surface area contributed by atoms with E-state index < -0.39 is 17.4 Å². The summed E-state index contributed by atoms with van der Waals surface area (Å²) in [6, 6.07) is 11.5. The van der Waals surface area contributed by atoms with Crippen LogP contribution in [0.4, 0.5) is 13.2 Å². The van der Waals surface area contributed by atoms with Crippen LogP contribution in [0.5, 0.6) is 0 Å². The molecule has 7 rings (SSSR count). The van der Waals surface area contributed by atoms with Gasteiger partial charge in [-0.3, -0.25) is 9.48 Å². The zero-order valence-electron chi connectivity index (χ0n) is 33.0. The van der Waals surface area contributed by atoms with Crippen LogP contribution in [0.25, 0.3) is 0 Å². The van der Waals surface area contributed by atoms with Crippen LogP contribution in [0, 0.1) is 16.1 Å². The number of hydrazine groups is 1. The molecule has 3 heterocycles. The number of amides is 1. The number of hydrogen-bond acceptors (Lipinski definition) is 5. The van der Waals surface area contributed by atoms with Gasteiger partial charge in [0.1, 0.15) is 17.2 Å². The van der Waals surface area contributed by atoms with Crippen LogP contribution in [0.3, 0.4) is 0 Å². The molecule has 2 aliphatic carbocycles. The van der Waals surface area contributed by atoms with Crippen LogP contribution < -0.4 is 0 Å². The molecule has 0 unspecified atom stereocenters. The van der Waals surface area contributed by atoms with Crippen molar-refractivity contribution in [2.75, 3.05) is 26.7 Å². The van der Waals surface area contributed by atoms with Gasteiger partial charge in [0.2, 0.25) is 12.3 Å². The number of benzene rings is 2. The van der Waals surface area contributed by atoms with Crippen molar-refractivity contribution < 1.29 is 37.5 Å². The Labute approximate surface area is 318 Å². The number of aromatic nitrogens is 2. The van der Waals surface area contributed by atoms with Crippen LogP contribution in [-0.4, -0.2) is 80.2 Å². The lowest BCUT2D eigenvalue weighted by molar-refractivity contribution is -0.752. The van der Waals surface area contributed by atoms with Gasteiger partial charge >= 0.3 is 5.97 Å². The molecule has 1 aromatic heterocycles. The second-order valence-corrected chi connectivity index (χ2v) is 14.7. The molecule has 0 bridgehead atoms. The van der Waals surface area contributed by atoms with E-state index in [1.54, 1.807) is 51.1 Å². The minimum absolute atomic E-state index is 0.113. The summed E-state index contributed by atoms with van der Waals surface area (Å²) in [7, 11) is 1.50. The molecule has 2 saturated carbocycles. The van der Waals surface area contributed by atoms with E-state index in [1.807, 2.05) is 33.9 Å². The van der Waals surface area contributed by atoms with Crippen molar-refractivity contribution >= 4 is 12.4 Å². The Bertz CT molecular complexity index is 1640. The number of methoxy groups -OCH3 is 1. The number of hydrogen-bond donors (Lipinski definition) is 1. The average Bonchev–Trinajstić information content (AvgIpc) is 3.50. The Morgan fingerprint density at radius 1 is 0.963 bits per heavy atom. The van der Waals surface area contributed by atoms with E-state index in [-0.39, 0.29) is 36.7 Å². The van der Waals surface area contributed by atoms with Gasteiger partial charge in [-0.25, -0.2) is 18.0 Å². The van der Waals surface area contributed by atoms with E-state index in [2.05, 4.69) is 18.9 Å². The lowest BCUT2D eigenvalue weighted by Gasteiger charge is -2.37. The maximum absolute atomic E-state index is 13.2. The van der Waals surface area contributed by atoms with Crippen LogP contribution in [0.2, 0.25) is 0 Å². The first-order valence-corrected chi connectivity index (χ1v) is 19.1. The lowest BCUT2D eigenvalue weighted by Crippen LogP contribution is -2.65. The Hall–Kier alpha value is -4.26. The van der Waals surface area contributed by atoms with Crippen molar-refractivity contribution in [2.45, 2.75) is 124 Å². The molecule has 0 radical (unpaired) electrons. The number of likely N-dealkylation sites (tertiary alicyclic amines) is 1. The Balaban J connectivity index is 0.000000241. The molecule has 54 heavy (non-hydrogen) atoms. The van der Waals surface area contributed by atoms with Gasteiger partial charge in [0, 0.05) is 38.1 Å². The molecular weight excluding hydrogens is 699 g/mol. The van der Waals surface area contributed by atoms with Crippen molar-refractivity contribution in [1.29, 1.82) is 0 Å². The van der Waals surface area contributed by atoms with Crippen LogP contribution in [0.15, 0.2) is 54.9 Å². The Morgan fingerprint density at radius 3 is 2.11 bits per heavy atom. The topological polar surface area (TPSA) is 108 Å². The number of carbonyl (C=O) groups excluding carboxylic acids is 1. The molecule has 2 aliphatic heterocycles. The molecule has 13 heteroatoms. The van der Waals surface area contributed by atoms with Gasteiger partial charge in [-0.05, 0) is 65.8 Å². The van der Waals surface area contributed by atoms with E-state index in [0.717, 1.165) is 34.2 Å². The highest BCUT2D eigenvalue weighted by atomic mass is 19.3. The van der Waals surface area contributed by atoms with Crippen LogP contribution in [-0.2, 0) is 29.2 Å². The van der Waals surface area contributed by atoms with Crippen molar-refractivity contribution in [2.24, 2.45) is 5.41 Å². The van der Waals surface area contributed by atoms with Gasteiger partial charge in [-0.1, -0.05) is 71.9 Å². The average molecular weight is 759 g/mol. The molecule has 1 amide bonds. The summed E-state index contributed by atoms with van der Waals surface area (Å²) in [4.78, 5) is 37.4. The standard InChI is InChI=1S/C17H19FN5O2.C15H18F2O3.C5H10.2C2H6/c18-16-3-1-14(2-4-16)8-21-9-15(7-19-21)10-22-6-5-17(23(22)25)11-20(12-17)13-24;1-20-9-11-3-2-4-12(13(11)14(18)19)10-5-7-15(16,17)8-6-10;1-5(2)3-4-5;2*1-2/h1-4,7,9,13H,5-6,8,10-12H2;2-4,10H,5-9H2,1H3,(H,18,19);3-4H2,1-2H3;2*1-2H3/q+1;;;;. The van der Waals surface area contributed by atoms with Crippen LogP contribution in [0.1, 0.15) is 125 Å². The molecule has 1 spiro atoms. The van der Waals surface area contributed by atoms with Crippen LogP contribution >= 0.6 is 0 Å². The minimum atomic E-state index is -2.61. The van der Waals surface area contributed by atoms with Gasteiger partial charge in [-0.15, -0.1) is 5.01 Å². The first kappa shape index (κ1) is 44.1. The SMILES string of the molecule is CC.CC.CC1(C)CC1.COCc1cccc(C2CCC(F)(F)CC2)c1C(=O)O.O=CN1CC2(CCN(Cc3cnn(Cc4ccc(F)cc4)c3)[N+]2=O)C1. The van der Waals surface area contributed by atoms with E-state index in [9.17, 15) is 32.8 Å². The second kappa shape index (κ2) is 19.9. The summed E-state index contributed by atoms with van der Waals surface area (Å²) < 4.78 is 46.2.